The van der Waals surface area contributed by atoms with Crippen LogP contribution in [0.5, 0.6) is 0 Å². The van der Waals surface area contributed by atoms with Gasteiger partial charge in [-0.15, -0.1) is 0 Å². The smallest absolute Gasteiger partial charge is 0.270 e. The molecular weight excluding hydrogens is 278 g/mol. The molecule has 3 rings (SSSR count). The molecule has 1 fully saturated rings. The molecule has 1 N–H and O–H groups in total. The van der Waals surface area contributed by atoms with Crippen molar-refractivity contribution < 1.29 is 4.79 Å². The topological polar surface area (TPSA) is 61.4 Å². The molecule has 6 nitrogen and oxygen atoms in total. The second-order valence-electron chi connectivity index (χ2n) is 6.75. The van der Waals surface area contributed by atoms with Gasteiger partial charge in [0.05, 0.1) is 0 Å². The van der Waals surface area contributed by atoms with E-state index < -0.39 is 0 Å². The molecule has 1 unspecified atom stereocenters. The van der Waals surface area contributed by atoms with E-state index in [0.29, 0.717) is 18.3 Å². The average Bonchev–Trinajstić information content (AvgIpc) is 2.96. The number of amides is 1. The van der Waals surface area contributed by atoms with E-state index >= 15 is 0 Å². The van der Waals surface area contributed by atoms with Crippen molar-refractivity contribution in [1.29, 1.82) is 0 Å². The maximum absolute atomic E-state index is 12.2. The standard InChI is InChI=1S/C16H25N5O/c1-10(2)14-18-13-12(5-7-17-16(13)22)15(19-14)21-8-6-11(9-21)20(3)4/h10-11H,5-9H2,1-4H3,(H,17,22). The van der Waals surface area contributed by atoms with Gasteiger partial charge < -0.3 is 15.1 Å². The fourth-order valence-electron chi connectivity index (χ4n) is 3.17. The van der Waals surface area contributed by atoms with Gasteiger partial charge in [0.2, 0.25) is 0 Å². The lowest BCUT2D eigenvalue weighted by Gasteiger charge is -2.26. The van der Waals surface area contributed by atoms with Crippen LogP contribution >= 0.6 is 0 Å². The number of likely N-dealkylation sites (N-methyl/N-ethyl adjacent to an activating group) is 1. The first-order valence-electron chi connectivity index (χ1n) is 8.07. The molecule has 2 aliphatic heterocycles. The van der Waals surface area contributed by atoms with Crippen LogP contribution < -0.4 is 10.2 Å². The van der Waals surface area contributed by atoms with Gasteiger partial charge in [-0.1, -0.05) is 13.8 Å². The first-order chi connectivity index (χ1) is 10.5. The van der Waals surface area contributed by atoms with Gasteiger partial charge in [0.1, 0.15) is 17.3 Å². The Bertz CT molecular complexity index is 584. The van der Waals surface area contributed by atoms with Crippen molar-refractivity contribution in [1.82, 2.24) is 20.2 Å². The second-order valence-corrected chi connectivity index (χ2v) is 6.75. The summed E-state index contributed by atoms with van der Waals surface area (Å²) in [5.41, 5.74) is 1.60. The van der Waals surface area contributed by atoms with E-state index in [-0.39, 0.29) is 11.8 Å². The number of fused-ring (bicyclic) bond motifs is 1. The minimum atomic E-state index is -0.0600. The number of hydrogen-bond acceptors (Lipinski definition) is 5. The number of carbonyl (C=O) groups is 1. The van der Waals surface area contributed by atoms with Gasteiger partial charge in [-0.05, 0) is 26.9 Å². The number of aromatic nitrogens is 2. The first kappa shape index (κ1) is 15.2. The molecular formula is C16H25N5O. The van der Waals surface area contributed by atoms with Crippen LogP contribution in [0, 0.1) is 0 Å². The van der Waals surface area contributed by atoms with Gasteiger partial charge in [-0.3, -0.25) is 4.79 Å². The molecule has 6 heteroatoms. The first-order valence-corrected chi connectivity index (χ1v) is 8.07. The van der Waals surface area contributed by atoms with E-state index in [9.17, 15) is 4.79 Å². The maximum Gasteiger partial charge on any atom is 0.270 e. The molecule has 0 saturated carbocycles. The fraction of sp³-hybridized carbons (Fsp3) is 0.688. The highest BCUT2D eigenvalue weighted by molar-refractivity contribution is 5.96. The molecule has 2 aliphatic rings. The third-order valence-corrected chi connectivity index (χ3v) is 4.59. The van der Waals surface area contributed by atoms with Crippen molar-refractivity contribution in [3.05, 3.63) is 17.1 Å². The van der Waals surface area contributed by atoms with Crippen LogP contribution in [0.4, 0.5) is 5.82 Å². The van der Waals surface area contributed by atoms with E-state index in [0.717, 1.165) is 43.1 Å². The van der Waals surface area contributed by atoms with Gasteiger partial charge >= 0.3 is 0 Å². The van der Waals surface area contributed by atoms with Gasteiger partial charge in [0.25, 0.3) is 5.91 Å². The lowest BCUT2D eigenvalue weighted by atomic mass is 10.0. The number of hydrogen-bond donors (Lipinski definition) is 1. The Kier molecular flexibility index (Phi) is 4.04. The quantitative estimate of drug-likeness (QED) is 0.903. The molecule has 1 saturated heterocycles. The number of nitrogens with zero attached hydrogens (tertiary/aromatic N) is 4. The van der Waals surface area contributed by atoms with E-state index in [1.165, 1.54) is 0 Å². The molecule has 22 heavy (non-hydrogen) atoms. The predicted molar refractivity (Wildman–Crippen MR) is 86.5 cm³/mol. The van der Waals surface area contributed by atoms with Gasteiger partial charge in [-0.25, -0.2) is 9.97 Å². The molecule has 0 spiro atoms. The Hall–Kier alpha value is -1.69. The summed E-state index contributed by atoms with van der Waals surface area (Å²) in [5, 5.41) is 2.89. The summed E-state index contributed by atoms with van der Waals surface area (Å²) >= 11 is 0. The molecule has 1 aromatic rings. The van der Waals surface area contributed by atoms with E-state index in [1.807, 2.05) is 0 Å². The van der Waals surface area contributed by atoms with Crippen LogP contribution in [0.15, 0.2) is 0 Å². The summed E-state index contributed by atoms with van der Waals surface area (Å²) in [5.74, 6) is 1.90. The number of carbonyl (C=O) groups excluding carboxylic acids is 1. The normalized spacial score (nSPS) is 21.5. The third-order valence-electron chi connectivity index (χ3n) is 4.59. The molecule has 1 aromatic heterocycles. The number of anilines is 1. The monoisotopic (exact) mass is 303 g/mol. The average molecular weight is 303 g/mol. The summed E-state index contributed by atoms with van der Waals surface area (Å²) in [6, 6.07) is 0.547. The van der Waals surface area contributed by atoms with E-state index in [2.05, 4.69) is 48.0 Å². The van der Waals surface area contributed by atoms with Crippen LogP contribution in [0.3, 0.4) is 0 Å². The highest BCUT2D eigenvalue weighted by atomic mass is 16.1. The lowest BCUT2D eigenvalue weighted by molar-refractivity contribution is 0.0940. The van der Waals surface area contributed by atoms with Crippen LogP contribution in [-0.4, -0.2) is 60.5 Å². The van der Waals surface area contributed by atoms with Crippen molar-refractivity contribution in [2.24, 2.45) is 0 Å². The summed E-state index contributed by atoms with van der Waals surface area (Å²) in [4.78, 5) is 26.1. The van der Waals surface area contributed by atoms with Crippen LogP contribution in [0.1, 0.15) is 48.1 Å². The molecule has 120 valence electrons. The van der Waals surface area contributed by atoms with Crippen LogP contribution in [0.2, 0.25) is 0 Å². The van der Waals surface area contributed by atoms with E-state index in [4.69, 9.17) is 4.98 Å². The lowest BCUT2D eigenvalue weighted by Crippen LogP contribution is -2.37. The van der Waals surface area contributed by atoms with Crippen molar-refractivity contribution in [3.8, 4) is 0 Å². The zero-order valence-corrected chi connectivity index (χ0v) is 13.9. The minimum Gasteiger partial charge on any atom is -0.355 e. The highest BCUT2D eigenvalue weighted by Crippen LogP contribution is 2.29. The Labute approximate surface area is 131 Å². The van der Waals surface area contributed by atoms with Crippen LogP contribution in [0.25, 0.3) is 0 Å². The predicted octanol–water partition coefficient (Wildman–Crippen LogP) is 1.03. The Morgan fingerprint density at radius 3 is 2.73 bits per heavy atom. The molecule has 0 aliphatic carbocycles. The summed E-state index contributed by atoms with van der Waals surface area (Å²) in [6.45, 7) is 6.77. The molecule has 3 heterocycles. The zero-order chi connectivity index (χ0) is 15.9. The van der Waals surface area contributed by atoms with Crippen molar-refractivity contribution in [2.45, 2.75) is 38.6 Å². The third kappa shape index (κ3) is 2.67. The molecule has 0 bridgehead atoms. The number of rotatable bonds is 3. The second kappa shape index (κ2) is 5.83. The van der Waals surface area contributed by atoms with Crippen molar-refractivity contribution >= 4 is 11.7 Å². The van der Waals surface area contributed by atoms with Gasteiger partial charge in [-0.2, -0.15) is 0 Å². The van der Waals surface area contributed by atoms with Crippen molar-refractivity contribution in [2.75, 3.05) is 38.6 Å². The molecule has 0 aromatic carbocycles. The maximum atomic E-state index is 12.2. The molecule has 1 amide bonds. The fourth-order valence-corrected chi connectivity index (χ4v) is 3.17. The SMILES string of the molecule is CC(C)c1nc2c(c(N3CCC(N(C)C)C3)n1)CCNC2=O. The van der Waals surface area contributed by atoms with Gasteiger partial charge in [0.15, 0.2) is 0 Å². The van der Waals surface area contributed by atoms with Gasteiger partial charge in [0, 0.05) is 37.2 Å². The highest BCUT2D eigenvalue weighted by Gasteiger charge is 2.31. The zero-order valence-electron chi connectivity index (χ0n) is 13.9. The van der Waals surface area contributed by atoms with E-state index in [1.54, 1.807) is 0 Å². The van der Waals surface area contributed by atoms with Crippen molar-refractivity contribution in [3.63, 3.8) is 0 Å². The Morgan fingerprint density at radius 1 is 1.32 bits per heavy atom. The largest absolute Gasteiger partial charge is 0.355 e. The molecule has 0 radical (unpaired) electrons. The Balaban J connectivity index is 2.01. The number of nitrogens with one attached hydrogen (secondary N) is 1. The van der Waals surface area contributed by atoms with Crippen LogP contribution in [-0.2, 0) is 6.42 Å². The molecule has 1 atom stereocenters. The Morgan fingerprint density at radius 2 is 2.09 bits per heavy atom. The minimum absolute atomic E-state index is 0.0600. The summed E-state index contributed by atoms with van der Waals surface area (Å²) in [6.07, 6.45) is 1.95. The summed E-state index contributed by atoms with van der Waals surface area (Å²) in [7, 11) is 4.24. The summed E-state index contributed by atoms with van der Waals surface area (Å²) < 4.78 is 0.